The van der Waals surface area contributed by atoms with Crippen molar-refractivity contribution in [2.24, 2.45) is 0 Å². The lowest BCUT2D eigenvalue weighted by molar-refractivity contribution is 0.356. The van der Waals surface area contributed by atoms with E-state index in [4.69, 9.17) is 9.15 Å². The van der Waals surface area contributed by atoms with Crippen LogP contribution in [0.4, 0.5) is 0 Å². The third-order valence-electron chi connectivity index (χ3n) is 3.95. The van der Waals surface area contributed by atoms with Crippen LogP contribution < -0.4 is 10.1 Å². The lowest BCUT2D eigenvalue weighted by Crippen LogP contribution is -2.24. The van der Waals surface area contributed by atoms with Crippen LogP contribution in [0.15, 0.2) is 41.0 Å². The molecule has 3 heteroatoms. The average Bonchev–Trinajstić information content (AvgIpc) is 3.14. The van der Waals surface area contributed by atoms with Crippen LogP contribution in [0.25, 0.3) is 0 Å². The van der Waals surface area contributed by atoms with Crippen LogP contribution in [0.3, 0.4) is 0 Å². The van der Waals surface area contributed by atoms with Gasteiger partial charge in [-0.25, -0.2) is 0 Å². The molecule has 2 heterocycles. The largest absolute Gasteiger partial charge is 0.493 e. The maximum absolute atomic E-state index is 5.57. The minimum atomic E-state index is 0.208. The van der Waals surface area contributed by atoms with Gasteiger partial charge >= 0.3 is 0 Å². The van der Waals surface area contributed by atoms with Crippen molar-refractivity contribution in [1.29, 1.82) is 0 Å². The average molecular weight is 271 g/mol. The first-order chi connectivity index (χ1) is 9.78. The zero-order chi connectivity index (χ0) is 13.9. The van der Waals surface area contributed by atoms with E-state index in [0.29, 0.717) is 6.04 Å². The van der Waals surface area contributed by atoms with E-state index in [1.54, 1.807) is 6.26 Å². The Morgan fingerprint density at radius 1 is 1.30 bits per heavy atom. The second kappa shape index (κ2) is 5.71. The highest BCUT2D eigenvalue weighted by Crippen LogP contribution is 2.30. The molecule has 2 atom stereocenters. The molecule has 20 heavy (non-hydrogen) atoms. The molecule has 3 nitrogen and oxygen atoms in total. The summed E-state index contributed by atoms with van der Waals surface area (Å²) in [4.78, 5) is 0. The van der Waals surface area contributed by atoms with Crippen molar-refractivity contribution in [3.8, 4) is 5.75 Å². The minimum Gasteiger partial charge on any atom is -0.493 e. The monoisotopic (exact) mass is 271 g/mol. The molecule has 0 saturated carbocycles. The number of ether oxygens (including phenoxy) is 1. The normalized spacial score (nSPS) is 16.5. The van der Waals surface area contributed by atoms with Gasteiger partial charge in [-0.1, -0.05) is 19.1 Å². The molecule has 0 radical (unpaired) electrons. The zero-order valence-corrected chi connectivity index (χ0v) is 12.1. The molecular weight excluding hydrogens is 250 g/mol. The molecule has 106 valence electrons. The maximum atomic E-state index is 5.57. The molecule has 1 N–H and O–H groups in total. The van der Waals surface area contributed by atoms with Gasteiger partial charge in [0.05, 0.1) is 18.9 Å². The van der Waals surface area contributed by atoms with Gasteiger partial charge in [0.25, 0.3) is 0 Å². The number of hydrogen-bond donors (Lipinski definition) is 1. The molecule has 1 aromatic carbocycles. The van der Waals surface area contributed by atoms with Crippen LogP contribution in [-0.4, -0.2) is 6.61 Å². The van der Waals surface area contributed by atoms with Gasteiger partial charge in [-0.2, -0.15) is 0 Å². The highest BCUT2D eigenvalue weighted by Gasteiger charge is 2.18. The van der Waals surface area contributed by atoms with Gasteiger partial charge < -0.3 is 14.5 Å². The van der Waals surface area contributed by atoms with Crippen molar-refractivity contribution in [2.45, 2.75) is 38.8 Å². The van der Waals surface area contributed by atoms with Gasteiger partial charge in [-0.3, -0.25) is 0 Å². The summed E-state index contributed by atoms with van der Waals surface area (Å²) in [6.07, 6.45) is 3.79. The first-order valence-electron chi connectivity index (χ1n) is 7.33. The second-order valence-electron chi connectivity index (χ2n) is 5.33. The molecule has 3 rings (SSSR count). The number of hydrogen-bond acceptors (Lipinski definition) is 3. The van der Waals surface area contributed by atoms with Crippen molar-refractivity contribution < 1.29 is 9.15 Å². The molecular formula is C17H21NO2. The van der Waals surface area contributed by atoms with E-state index in [1.165, 1.54) is 11.1 Å². The fourth-order valence-electron chi connectivity index (χ4n) is 2.79. The van der Waals surface area contributed by atoms with Crippen LogP contribution in [-0.2, 0) is 6.42 Å². The number of benzene rings is 1. The molecule has 0 fully saturated rings. The van der Waals surface area contributed by atoms with Crippen molar-refractivity contribution in [3.63, 3.8) is 0 Å². The summed E-state index contributed by atoms with van der Waals surface area (Å²) in [6.45, 7) is 5.15. The minimum absolute atomic E-state index is 0.208. The van der Waals surface area contributed by atoms with Crippen LogP contribution in [0.2, 0.25) is 0 Å². The third kappa shape index (κ3) is 2.59. The van der Waals surface area contributed by atoms with Gasteiger partial charge in [-0.05, 0) is 42.7 Å². The molecule has 1 aliphatic rings. The Balaban J connectivity index is 1.76. The molecule has 0 amide bonds. The lowest BCUT2D eigenvalue weighted by atomic mass is 10.00. The first kappa shape index (κ1) is 13.3. The van der Waals surface area contributed by atoms with Crippen molar-refractivity contribution in [2.75, 3.05) is 6.61 Å². The number of furan rings is 1. The summed E-state index contributed by atoms with van der Waals surface area (Å²) >= 11 is 0. The van der Waals surface area contributed by atoms with Gasteiger partial charge in [0.15, 0.2) is 0 Å². The molecule has 0 bridgehead atoms. The molecule has 0 aliphatic carbocycles. The summed E-state index contributed by atoms with van der Waals surface area (Å²) in [5.41, 5.74) is 2.66. The predicted molar refractivity (Wildman–Crippen MR) is 78.9 cm³/mol. The van der Waals surface area contributed by atoms with Gasteiger partial charge in [0.1, 0.15) is 11.5 Å². The van der Waals surface area contributed by atoms with Crippen LogP contribution >= 0.6 is 0 Å². The quantitative estimate of drug-likeness (QED) is 0.892. The van der Waals surface area contributed by atoms with E-state index < -0.39 is 0 Å². The zero-order valence-electron chi connectivity index (χ0n) is 12.1. The van der Waals surface area contributed by atoms with Gasteiger partial charge in [0, 0.05) is 12.5 Å². The van der Waals surface area contributed by atoms with Gasteiger partial charge in [0.2, 0.25) is 0 Å². The number of fused-ring (bicyclic) bond motifs is 1. The Bertz CT molecular complexity index is 562. The van der Waals surface area contributed by atoms with E-state index in [1.807, 2.05) is 12.1 Å². The highest BCUT2D eigenvalue weighted by molar-refractivity contribution is 5.40. The van der Waals surface area contributed by atoms with Gasteiger partial charge in [-0.15, -0.1) is 0 Å². The molecule has 2 aromatic rings. The van der Waals surface area contributed by atoms with Crippen LogP contribution in [0, 0.1) is 0 Å². The topological polar surface area (TPSA) is 34.4 Å². The second-order valence-corrected chi connectivity index (χ2v) is 5.33. The number of nitrogens with one attached hydrogen (secondary N) is 1. The van der Waals surface area contributed by atoms with Crippen molar-refractivity contribution in [1.82, 2.24) is 5.32 Å². The van der Waals surface area contributed by atoms with Crippen molar-refractivity contribution >= 4 is 0 Å². The van der Waals surface area contributed by atoms with E-state index in [9.17, 15) is 0 Å². The van der Waals surface area contributed by atoms with Crippen LogP contribution in [0.1, 0.15) is 49.2 Å². The van der Waals surface area contributed by atoms with E-state index in [-0.39, 0.29) is 6.04 Å². The molecule has 0 spiro atoms. The highest BCUT2D eigenvalue weighted by atomic mass is 16.5. The molecule has 1 aliphatic heterocycles. The third-order valence-corrected chi connectivity index (χ3v) is 3.95. The molecule has 1 unspecified atom stereocenters. The Morgan fingerprint density at radius 3 is 2.95 bits per heavy atom. The summed E-state index contributed by atoms with van der Waals surface area (Å²) in [5, 5.41) is 3.64. The molecule has 1 aromatic heterocycles. The smallest absolute Gasteiger partial charge is 0.122 e. The fourth-order valence-corrected chi connectivity index (χ4v) is 2.79. The van der Waals surface area contributed by atoms with E-state index in [2.05, 4.69) is 37.4 Å². The summed E-state index contributed by atoms with van der Waals surface area (Å²) < 4.78 is 11.0. The fraction of sp³-hybridized carbons (Fsp3) is 0.412. The Labute approximate surface area is 119 Å². The Morgan fingerprint density at radius 2 is 2.20 bits per heavy atom. The summed E-state index contributed by atoms with van der Waals surface area (Å²) in [6, 6.07) is 11.0. The Hall–Kier alpha value is -1.74. The Kier molecular flexibility index (Phi) is 3.79. The first-order valence-corrected chi connectivity index (χ1v) is 7.33. The summed E-state index contributed by atoms with van der Waals surface area (Å²) in [7, 11) is 0. The number of rotatable bonds is 5. The standard InChI is InChI=1S/C17H21NO2/c1-3-15(18-12(2)16-5-4-9-19-16)13-6-7-17-14(11-13)8-10-20-17/h4-7,9,11-12,15,18H,3,8,10H2,1-2H3/t12-,15?/m1/s1. The van der Waals surface area contributed by atoms with E-state index >= 15 is 0 Å². The predicted octanol–water partition coefficient (Wildman–Crippen LogP) is 4.02. The maximum Gasteiger partial charge on any atom is 0.122 e. The van der Waals surface area contributed by atoms with Crippen LogP contribution in [0.5, 0.6) is 5.75 Å². The lowest BCUT2D eigenvalue weighted by Gasteiger charge is -2.22. The molecule has 0 saturated heterocycles. The van der Waals surface area contributed by atoms with Crippen molar-refractivity contribution in [3.05, 3.63) is 53.5 Å². The summed E-state index contributed by atoms with van der Waals surface area (Å²) in [5.74, 6) is 2.02. The van der Waals surface area contributed by atoms with E-state index in [0.717, 1.165) is 31.0 Å². The SMILES string of the molecule is CCC(N[C@H](C)c1ccco1)c1ccc2c(c1)CCO2.